The molecule has 0 N–H and O–H groups in total. The van der Waals surface area contributed by atoms with E-state index in [1.165, 1.54) is 78.0 Å². The van der Waals surface area contributed by atoms with Crippen LogP contribution in [0.25, 0.3) is 11.1 Å². The van der Waals surface area contributed by atoms with Gasteiger partial charge >= 0.3 is 0 Å². The third-order valence-electron chi connectivity index (χ3n) is 12.0. The van der Waals surface area contributed by atoms with Crippen molar-refractivity contribution >= 4 is 17.1 Å². The van der Waals surface area contributed by atoms with E-state index in [1.807, 2.05) is 0 Å². The molecule has 58 heavy (non-hydrogen) atoms. The van der Waals surface area contributed by atoms with Gasteiger partial charge in [0.05, 0.1) is 39.6 Å². The van der Waals surface area contributed by atoms with Gasteiger partial charge in [-0.05, 0) is 163 Å². The number of hydrogen-bond donors (Lipinski definition) is 0. The third kappa shape index (κ3) is 9.62. The van der Waals surface area contributed by atoms with Crippen molar-refractivity contribution in [1.29, 1.82) is 0 Å². The molecule has 3 atom stereocenters. The highest BCUT2D eigenvalue weighted by Gasteiger charge is 2.24. The largest absolute Gasteiger partial charge is 0.378 e. The van der Waals surface area contributed by atoms with Gasteiger partial charge in [-0.15, -0.1) is 0 Å². The summed E-state index contributed by atoms with van der Waals surface area (Å²) in [6, 6.07) is 45.7. The minimum absolute atomic E-state index is 0.123. The zero-order valence-electron chi connectivity index (χ0n) is 35.0. The van der Waals surface area contributed by atoms with Crippen molar-refractivity contribution in [3.63, 3.8) is 0 Å². The van der Waals surface area contributed by atoms with Crippen LogP contribution in [0.3, 0.4) is 0 Å². The quantitative estimate of drug-likeness (QED) is 0.0525. The summed E-state index contributed by atoms with van der Waals surface area (Å²) in [6.07, 6.45) is 2.38. The number of benzene rings is 6. The van der Waals surface area contributed by atoms with Gasteiger partial charge in [0.2, 0.25) is 0 Å². The lowest BCUT2D eigenvalue weighted by Crippen LogP contribution is -2.12. The highest BCUT2D eigenvalue weighted by molar-refractivity contribution is 5.81. The van der Waals surface area contributed by atoms with Crippen molar-refractivity contribution in [2.24, 2.45) is 0 Å². The molecule has 0 spiro atoms. The molecule has 2 fully saturated rings. The highest BCUT2D eigenvalue weighted by atomic mass is 16.6. The van der Waals surface area contributed by atoms with Gasteiger partial charge in [0, 0.05) is 23.0 Å². The first-order valence-corrected chi connectivity index (χ1v) is 20.9. The minimum Gasteiger partial charge on any atom is -0.378 e. The number of ether oxygens (including phenoxy) is 4. The SMILES string of the molecule is Cc1ccc(C(c2ccc(CCOCC3CO3)cc2)c2ccc(-c3ccc(N(c4ccc(CCOCC5CO5)cc4)c4ccc(C)c(C)c4)c(C)c3)cc2C)cc1C. The molecule has 0 radical (unpaired) electrons. The second-order valence-electron chi connectivity index (χ2n) is 16.4. The Bertz CT molecular complexity index is 2170. The van der Waals surface area contributed by atoms with Gasteiger partial charge in [-0.2, -0.15) is 0 Å². The molecule has 2 heterocycles. The molecule has 0 saturated carbocycles. The number of nitrogens with zero attached hydrogens (tertiary/aromatic N) is 1. The summed E-state index contributed by atoms with van der Waals surface area (Å²) in [6.45, 7) is 17.7. The van der Waals surface area contributed by atoms with Gasteiger partial charge in [-0.1, -0.05) is 84.9 Å². The van der Waals surface area contributed by atoms with Gasteiger partial charge in [-0.25, -0.2) is 0 Å². The third-order valence-corrected chi connectivity index (χ3v) is 12.0. The Labute approximate surface area is 345 Å². The Morgan fingerprint density at radius 2 is 1.02 bits per heavy atom. The monoisotopic (exact) mass is 771 g/mol. The fraction of sp³-hybridized carbons (Fsp3) is 0.321. The summed E-state index contributed by atoms with van der Waals surface area (Å²) < 4.78 is 22.2. The van der Waals surface area contributed by atoms with Crippen LogP contribution in [0.5, 0.6) is 0 Å². The molecule has 0 aliphatic carbocycles. The highest BCUT2D eigenvalue weighted by Crippen LogP contribution is 2.40. The lowest BCUT2D eigenvalue weighted by Gasteiger charge is -2.28. The molecular weight excluding hydrogens is 715 g/mol. The van der Waals surface area contributed by atoms with E-state index in [9.17, 15) is 0 Å². The van der Waals surface area contributed by atoms with E-state index in [0.717, 1.165) is 37.4 Å². The van der Waals surface area contributed by atoms with E-state index in [2.05, 4.69) is 168 Å². The molecule has 5 heteroatoms. The number of hydrogen-bond acceptors (Lipinski definition) is 5. The van der Waals surface area contributed by atoms with Gasteiger partial charge in [0.15, 0.2) is 0 Å². The molecule has 0 amide bonds. The van der Waals surface area contributed by atoms with Crippen molar-refractivity contribution in [3.8, 4) is 11.1 Å². The maximum atomic E-state index is 5.83. The van der Waals surface area contributed by atoms with E-state index >= 15 is 0 Å². The zero-order chi connectivity index (χ0) is 40.2. The first kappa shape index (κ1) is 39.8. The van der Waals surface area contributed by atoms with Crippen molar-refractivity contribution in [3.05, 3.63) is 183 Å². The predicted octanol–water partition coefficient (Wildman–Crippen LogP) is 11.8. The lowest BCUT2D eigenvalue weighted by molar-refractivity contribution is 0.119. The van der Waals surface area contributed by atoms with Crippen LogP contribution in [0.1, 0.15) is 67.1 Å². The minimum atomic E-state index is 0.123. The van der Waals surface area contributed by atoms with E-state index in [-0.39, 0.29) is 5.92 Å². The molecule has 6 aromatic rings. The molecule has 5 nitrogen and oxygen atoms in total. The molecule has 2 aliphatic heterocycles. The van der Waals surface area contributed by atoms with Crippen molar-refractivity contribution in [2.75, 3.05) is 44.5 Å². The maximum absolute atomic E-state index is 5.83. The van der Waals surface area contributed by atoms with Gasteiger partial charge in [-0.3, -0.25) is 0 Å². The molecule has 0 bridgehead atoms. The Morgan fingerprint density at radius 3 is 1.57 bits per heavy atom. The first-order chi connectivity index (χ1) is 28.2. The summed E-state index contributed by atoms with van der Waals surface area (Å²) in [7, 11) is 0. The number of rotatable bonds is 17. The van der Waals surface area contributed by atoms with Crippen LogP contribution in [0.15, 0.2) is 121 Å². The fourth-order valence-corrected chi connectivity index (χ4v) is 7.88. The van der Waals surface area contributed by atoms with Gasteiger partial charge < -0.3 is 23.8 Å². The number of aryl methyl sites for hydroxylation is 6. The summed E-state index contributed by atoms with van der Waals surface area (Å²) >= 11 is 0. The molecule has 8 rings (SSSR count). The molecule has 298 valence electrons. The number of epoxide rings is 2. The summed E-state index contributed by atoms with van der Waals surface area (Å²) in [4.78, 5) is 2.39. The fourth-order valence-electron chi connectivity index (χ4n) is 7.88. The van der Waals surface area contributed by atoms with E-state index in [0.29, 0.717) is 38.6 Å². The smallest absolute Gasteiger partial charge is 0.104 e. The molecule has 0 aromatic heterocycles. The van der Waals surface area contributed by atoms with Crippen LogP contribution in [0, 0.1) is 41.5 Å². The Kier molecular flexibility index (Phi) is 12.2. The standard InChI is InChI=1S/C53H57NO4/c1-35-7-13-46(27-37(35)3)53(43-14-9-41(10-15-43)23-25-55-31-49-33-57-49)51-21-16-44(28-39(51)5)45-17-22-52(40(6)29-45)54(48-18-8-36(2)38(4)30-48)47-19-11-42(12-20-47)24-26-56-32-50-34-58-50/h7-22,27-30,49-50,53H,23-26,31-34H2,1-6H3. The molecular formula is C53H57NO4. The average Bonchev–Trinajstić information content (AvgIpc) is 4.17. The molecule has 6 aromatic carbocycles. The summed E-state index contributed by atoms with van der Waals surface area (Å²) in [5, 5.41) is 0. The van der Waals surface area contributed by atoms with Crippen molar-refractivity contribution < 1.29 is 18.9 Å². The van der Waals surface area contributed by atoms with Crippen LogP contribution in [-0.4, -0.2) is 51.8 Å². The van der Waals surface area contributed by atoms with Crippen molar-refractivity contribution in [1.82, 2.24) is 0 Å². The lowest BCUT2D eigenvalue weighted by atomic mass is 9.81. The van der Waals surface area contributed by atoms with Crippen molar-refractivity contribution in [2.45, 2.75) is 72.5 Å². The Hall–Kier alpha value is -5.04. The summed E-state index contributed by atoms with van der Waals surface area (Å²) in [5.41, 5.74) is 20.1. The van der Waals surface area contributed by atoms with Crippen LogP contribution in [0.2, 0.25) is 0 Å². The Balaban J connectivity index is 1.06. The van der Waals surface area contributed by atoms with E-state index in [4.69, 9.17) is 18.9 Å². The predicted molar refractivity (Wildman–Crippen MR) is 237 cm³/mol. The van der Waals surface area contributed by atoms with Crippen LogP contribution in [-0.2, 0) is 31.8 Å². The van der Waals surface area contributed by atoms with Crippen LogP contribution in [0.4, 0.5) is 17.1 Å². The van der Waals surface area contributed by atoms with Gasteiger partial charge in [0.1, 0.15) is 12.2 Å². The average molecular weight is 772 g/mol. The summed E-state index contributed by atoms with van der Waals surface area (Å²) in [5.74, 6) is 0.123. The normalized spacial score (nSPS) is 16.3. The zero-order valence-corrected chi connectivity index (χ0v) is 35.0. The first-order valence-electron chi connectivity index (χ1n) is 20.9. The number of anilines is 3. The van der Waals surface area contributed by atoms with Crippen LogP contribution >= 0.6 is 0 Å². The second kappa shape index (κ2) is 17.8. The molecule has 3 unspecified atom stereocenters. The van der Waals surface area contributed by atoms with Crippen LogP contribution < -0.4 is 4.90 Å². The van der Waals surface area contributed by atoms with E-state index < -0.39 is 0 Å². The van der Waals surface area contributed by atoms with Gasteiger partial charge in [0.25, 0.3) is 0 Å². The second-order valence-corrected chi connectivity index (χ2v) is 16.4. The topological polar surface area (TPSA) is 46.8 Å². The molecule has 2 aliphatic rings. The Morgan fingerprint density at radius 1 is 0.500 bits per heavy atom. The van der Waals surface area contributed by atoms with E-state index in [1.54, 1.807) is 0 Å². The maximum Gasteiger partial charge on any atom is 0.104 e. The molecule has 2 saturated heterocycles.